The fourth-order valence-corrected chi connectivity index (χ4v) is 2.40. The van der Waals surface area contributed by atoms with Gasteiger partial charge in [-0.1, -0.05) is 24.3 Å². The Morgan fingerprint density at radius 1 is 1.00 bits per heavy atom. The highest BCUT2D eigenvalue weighted by molar-refractivity contribution is 5.87. The first-order chi connectivity index (χ1) is 9.69. The van der Waals surface area contributed by atoms with Gasteiger partial charge < -0.3 is 9.84 Å². The van der Waals surface area contributed by atoms with Gasteiger partial charge in [-0.15, -0.1) is 0 Å². The number of para-hydroxylation sites is 1. The van der Waals surface area contributed by atoms with E-state index in [4.69, 9.17) is 4.74 Å². The van der Waals surface area contributed by atoms with E-state index in [1.807, 2.05) is 37.3 Å². The average molecular weight is 265 g/mol. The van der Waals surface area contributed by atoms with Crippen LogP contribution in [0.5, 0.6) is 11.6 Å². The van der Waals surface area contributed by atoms with E-state index in [-0.39, 0.29) is 5.75 Å². The summed E-state index contributed by atoms with van der Waals surface area (Å²) in [5.41, 5.74) is 3.84. The summed E-state index contributed by atoms with van der Waals surface area (Å²) < 4.78 is 5.42. The van der Waals surface area contributed by atoms with Gasteiger partial charge in [-0.25, -0.2) is 4.98 Å². The van der Waals surface area contributed by atoms with E-state index < -0.39 is 0 Å². The molecule has 1 aromatic heterocycles. The molecule has 100 valence electrons. The molecule has 0 fully saturated rings. The Kier molecular flexibility index (Phi) is 3.03. The zero-order chi connectivity index (χ0) is 14.1. The van der Waals surface area contributed by atoms with Crippen LogP contribution in [-0.2, 0) is 0 Å². The first kappa shape index (κ1) is 12.5. The van der Waals surface area contributed by atoms with Gasteiger partial charge in [0.05, 0.1) is 12.6 Å². The number of phenols is 1. The number of fused-ring (bicyclic) bond motifs is 1. The van der Waals surface area contributed by atoms with E-state index in [0.29, 0.717) is 5.88 Å². The molecule has 0 saturated carbocycles. The summed E-state index contributed by atoms with van der Waals surface area (Å²) in [6, 6.07) is 15.3. The molecule has 2 aromatic carbocycles. The SMILES string of the molecule is COc1nc2ccccc2cc1-c1ccc(O)cc1C. The summed E-state index contributed by atoms with van der Waals surface area (Å²) in [7, 11) is 1.62. The molecule has 0 radical (unpaired) electrons. The highest BCUT2D eigenvalue weighted by atomic mass is 16.5. The predicted octanol–water partition coefficient (Wildman–Crippen LogP) is 3.92. The van der Waals surface area contributed by atoms with Gasteiger partial charge in [0.2, 0.25) is 5.88 Å². The van der Waals surface area contributed by atoms with E-state index in [1.54, 1.807) is 19.2 Å². The number of nitrogens with zero attached hydrogens (tertiary/aromatic N) is 1. The Hall–Kier alpha value is -2.55. The summed E-state index contributed by atoms with van der Waals surface area (Å²) in [5, 5.41) is 10.6. The largest absolute Gasteiger partial charge is 0.508 e. The third-order valence-electron chi connectivity index (χ3n) is 3.38. The van der Waals surface area contributed by atoms with Gasteiger partial charge in [-0.2, -0.15) is 0 Å². The third kappa shape index (κ3) is 2.07. The highest BCUT2D eigenvalue weighted by Crippen LogP contribution is 2.34. The third-order valence-corrected chi connectivity index (χ3v) is 3.38. The summed E-state index contributed by atoms with van der Waals surface area (Å²) >= 11 is 0. The maximum absolute atomic E-state index is 9.54. The maximum atomic E-state index is 9.54. The van der Waals surface area contributed by atoms with Crippen molar-refractivity contribution in [2.75, 3.05) is 7.11 Å². The van der Waals surface area contributed by atoms with Gasteiger partial charge >= 0.3 is 0 Å². The molecule has 3 nitrogen and oxygen atoms in total. The van der Waals surface area contributed by atoms with Gasteiger partial charge in [-0.05, 0) is 42.3 Å². The number of rotatable bonds is 2. The van der Waals surface area contributed by atoms with Crippen molar-refractivity contribution < 1.29 is 9.84 Å². The normalized spacial score (nSPS) is 10.7. The van der Waals surface area contributed by atoms with Crippen LogP contribution in [0.15, 0.2) is 48.5 Å². The number of aromatic hydroxyl groups is 1. The molecule has 1 heterocycles. The number of pyridine rings is 1. The molecule has 0 aliphatic carbocycles. The van der Waals surface area contributed by atoms with Crippen LogP contribution in [0.4, 0.5) is 0 Å². The Morgan fingerprint density at radius 2 is 1.80 bits per heavy atom. The molecule has 0 amide bonds. The minimum atomic E-state index is 0.263. The highest BCUT2D eigenvalue weighted by Gasteiger charge is 2.12. The zero-order valence-corrected chi connectivity index (χ0v) is 11.4. The minimum absolute atomic E-state index is 0.263. The van der Waals surface area contributed by atoms with Crippen molar-refractivity contribution in [3.63, 3.8) is 0 Å². The first-order valence-corrected chi connectivity index (χ1v) is 6.43. The summed E-state index contributed by atoms with van der Waals surface area (Å²) in [4.78, 5) is 4.55. The molecule has 0 saturated heterocycles. The van der Waals surface area contributed by atoms with Gasteiger partial charge in [0.15, 0.2) is 0 Å². The van der Waals surface area contributed by atoms with Crippen LogP contribution in [0.3, 0.4) is 0 Å². The standard InChI is InChI=1S/C17H15NO2/c1-11-9-13(19)7-8-14(11)15-10-12-5-3-4-6-16(12)18-17(15)20-2/h3-10,19H,1-2H3. The smallest absolute Gasteiger partial charge is 0.221 e. The molecule has 0 unspecified atom stereocenters. The zero-order valence-electron chi connectivity index (χ0n) is 11.4. The van der Waals surface area contributed by atoms with E-state index in [1.165, 1.54) is 0 Å². The molecule has 0 bridgehead atoms. The predicted molar refractivity (Wildman–Crippen MR) is 80.1 cm³/mol. The lowest BCUT2D eigenvalue weighted by Gasteiger charge is -2.12. The second-order valence-electron chi connectivity index (χ2n) is 4.74. The second kappa shape index (κ2) is 4.85. The number of ether oxygens (including phenoxy) is 1. The number of hydrogen-bond acceptors (Lipinski definition) is 3. The van der Waals surface area contributed by atoms with Crippen molar-refractivity contribution in [2.45, 2.75) is 6.92 Å². The summed E-state index contributed by atoms with van der Waals surface area (Å²) in [5.74, 6) is 0.858. The number of phenolic OH excluding ortho intramolecular Hbond substituents is 1. The Labute approximate surface area is 117 Å². The number of aromatic nitrogens is 1. The van der Waals surface area contributed by atoms with Crippen LogP contribution in [-0.4, -0.2) is 17.2 Å². The first-order valence-electron chi connectivity index (χ1n) is 6.43. The molecule has 1 N–H and O–H groups in total. The fraction of sp³-hybridized carbons (Fsp3) is 0.118. The lowest BCUT2D eigenvalue weighted by atomic mass is 10.00. The minimum Gasteiger partial charge on any atom is -0.508 e. The van der Waals surface area contributed by atoms with Gasteiger partial charge in [0.25, 0.3) is 0 Å². The van der Waals surface area contributed by atoms with Crippen molar-refractivity contribution in [3.8, 4) is 22.8 Å². The molecule has 3 aromatic rings. The van der Waals surface area contributed by atoms with Crippen LogP contribution < -0.4 is 4.74 Å². The van der Waals surface area contributed by atoms with E-state index in [0.717, 1.165) is 27.6 Å². The number of hydrogen-bond donors (Lipinski definition) is 1. The molecular weight excluding hydrogens is 250 g/mol. The van der Waals surface area contributed by atoms with Gasteiger partial charge in [-0.3, -0.25) is 0 Å². The van der Waals surface area contributed by atoms with E-state index in [9.17, 15) is 5.11 Å². The second-order valence-corrected chi connectivity index (χ2v) is 4.74. The molecule has 0 aliphatic rings. The van der Waals surface area contributed by atoms with Crippen LogP contribution in [0.2, 0.25) is 0 Å². The van der Waals surface area contributed by atoms with Gasteiger partial charge in [0.1, 0.15) is 5.75 Å². The monoisotopic (exact) mass is 265 g/mol. The molecule has 0 spiro atoms. The Bertz CT molecular complexity index is 781. The van der Waals surface area contributed by atoms with Crippen molar-refractivity contribution >= 4 is 10.9 Å². The van der Waals surface area contributed by atoms with Crippen molar-refractivity contribution in [1.82, 2.24) is 4.98 Å². The fourth-order valence-electron chi connectivity index (χ4n) is 2.40. The van der Waals surface area contributed by atoms with Crippen LogP contribution in [0, 0.1) is 6.92 Å². The number of aryl methyl sites for hydroxylation is 1. The summed E-state index contributed by atoms with van der Waals surface area (Å²) in [6.07, 6.45) is 0. The Morgan fingerprint density at radius 3 is 2.55 bits per heavy atom. The molecular formula is C17H15NO2. The van der Waals surface area contributed by atoms with Crippen LogP contribution in [0.1, 0.15) is 5.56 Å². The van der Waals surface area contributed by atoms with E-state index >= 15 is 0 Å². The number of benzene rings is 2. The Balaban J connectivity index is 2.28. The molecule has 3 heteroatoms. The van der Waals surface area contributed by atoms with Crippen LogP contribution in [0.25, 0.3) is 22.0 Å². The average Bonchev–Trinajstić information content (AvgIpc) is 2.46. The van der Waals surface area contributed by atoms with Crippen LogP contribution >= 0.6 is 0 Å². The van der Waals surface area contributed by atoms with Gasteiger partial charge in [0, 0.05) is 10.9 Å². The van der Waals surface area contributed by atoms with Crippen molar-refractivity contribution in [3.05, 3.63) is 54.1 Å². The molecule has 20 heavy (non-hydrogen) atoms. The lowest BCUT2D eigenvalue weighted by molar-refractivity contribution is 0.401. The summed E-state index contributed by atoms with van der Waals surface area (Å²) in [6.45, 7) is 1.96. The quantitative estimate of drug-likeness (QED) is 0.763. The lowest BCUT2D eigenvalue weighted by Crippen LogP contribution is -1.94. The molecule has 0 atom stereocenters. The topological polar surface area (TPSA) is 42.4 Å². The van der Waals surface area contributed by atoms with E-state index in [2.05, 4.69) is 11.1 Å². The van der Waals surface area contributed by atoms with Crippen molar-refractivity contribution in [2.24, 2.45) is 0 Å². The maximum Gasteiger partial charge on any atom is 0.221 e. The molecule has 0 aliphatic heterocycles. The van der Waals surface area contributed by atoms with Crippen molar-refractivity contribution in [1.29, 1.82) is 0 Å². The number of methoxy groups -OCH3 is 1. The molecule has 3 rings (SSSR count).